The van der Waals surface area contributed by atoms with Crippen molar-refractivity contribution in [3.8, 4) is 0 Å². The molecule has 0 unspecified atom stereocenters. The van der Waals surface area contributed by atoms with Crippen LogP contribution in [-0.2, 0) is 32.3 Å². The fourth-order valence-corrected chi connectivity index (χ4v) is 6.00. The normalized spacial score (nSPS) is 21.3. The lowest BCUT2D eigenvalue weighted by Crippen LogP contribution is -2.30. The van der Waals surface area contributed by atoms with Crippen LogP contribution in [-0.4, -0.2) is 25.1 Å². The van der Waals surface area contributed by atoms with Gasteiger partial charge < -0.3 is 0 Å². The second kappa shape index (κ2) is 8.48. The van der Waals surface area contributed by atoms with Gasteiger partial charge in [0.2, 0.25) is 11.8 Å². The number of benzene rings is 2. The Balaban J connectivity index is 1.62. The summed E-state index contributed by atoms with van der Waals surface area (Å²) in [6.45, 7) is 1.45. The minimum Gasteiger partial charge on any atom is -0.279 e. The van der Waals surface area contributed by atoms with Crippen LogP contribution in [0.3, 0.4) is 0 Å². The first-order chi connectivity index (χ1) is 15.5. The SMILES string of the molecule is Cc1ccc(CN2C(=O)[C@@H]3CCCC[C@H]3C2=O)cc1S(=O)(=O)Nc1ccccc1C(F)(F)F. The molecule has 0 radical (unpaired) electrons. The summed E-state index contributed by atoms with van der Waals surface area (Å²) in [4.78, 5) is 26.4. The molecule has 10 heteroatoms. The molecule has 1 saturated heterocycles. The molecule has 2 atom stereocenters. The van der Waals surface area contributed by atoms with Gasteiger partial charge in [-0.1, -0.05) is 37.1 Å². The number of aryl methyl sites for hydroxylation is 1. The van der Waals surface area contributed by atoms with Gasteiger partial charge in [0, 0.05) is 0 Å². The number of rotatable bonds is 5. The van der Waals surface area contributed by atoms with Gasteiger partial charge in [-0.3, -0.25) is 19.2 Å². The first-order valence-electron chi connectivity index (χ1n) is 10.6. The smallest absolute Gasteiger partial charge is 0.279 e. The van der Waals surface area contributed by atoms with E-state index in [0.717, 1.165) is 25.0 Å². The third-order valence-electron chi connectivity index (χ3n) is 6.29. The Morgan fingerprint density at radius 1 is 1.00 bits per heavy atom. The van der Waals surface area contributed by atoms with Gasteiger partial charge in [-0.05, 0) is 49.1 Å². The van der Waals surface area contributed by atoms with Gasteiger partial charge in [0.1, 0.15) is 0 Å². The number of amides is 2. The molecular formula is C23H23F3N2O4S. The summed E-state index contributed by atoms with van der Waals surface area (Å²) in [5.74, 6) is -1.13. The number of carbonyl (C=O) groups excluding carboxylic acids is 2. The highest BCUT2D eigenvalue weighted by atomic mass is 32.2. The molecule has 1 saturated carbocycles. The van der Waals surface area contributed by atoms with Crippen molar-refractivity contribution in [2.75, 3.05) is 4.72 Å². The van der Waals surface area contributed by atoms with Crippen LogP contribution in [0.15, 0.2) is 47.4 Å². The standard InChI is InChI=1S/C23H23F3N2O4S/c1-14-10-11-15(13-28-21(29)16-6-2-3-7-17(16)22(28)30)12-20(14)33(31,32)27-19-9-5-4-8-18(19)23(24,25)26/h4-5,8-12,16-17,27H,2-3,6-7,13H2,1H3/t16-,17-/m1/s1. The van der Waals surface area contributed by atoms with Gasteiger partial charge in [-0.15, -0.1) is 0 Å². The molecule has 2 aromatic rings. The molecule has 1 heterocycles. The molecular weight excluding hydrogens is 457 g/mol. The Hall–Kier alpha value is -2.88. The number of imide groups is 1. The van der Waals surface area contributed by atoms with E-state index in [4.69, 9.17) is 0 Å². The topological polar surface area (TPSA) is 83.6 Å². The number of anilines is 1. The Labute approximate surface area is 189 Å². The number of carbonyl (C=O) groups is 2. The van der Waals surface area contributed by atoms with Crippen molar-refractivity contribution >= 4 is 27.5 Å². The van der Waals surface area contributed by atoms with E-state index in [1.54, 1.807) is 6.07 Å². The molecule has 0 spiro atoms. The van der Waals surface area contributed by atoms with Gasteiger partial charge >= 0.3 is 6.18 Å². The Kier molecular flexibility index (Phi) is 5.98. The first kappa shape index (κ1) is 23.3. The fraction of sp³-hybridized carbons (Fsp3) is 0.391. The average Bonchev–Trinajstić information content (AvgIpc) is 2.99. The van der Waals surface area contributed by atoms with E-state index < -0.39 is 27.5 Å². The number of halogens is 3. The summed E-state index contributed by atoms with van der Waals surface area (Å²) < 4.78 is 67.9. The molecule has 2 amide bonds. The van der Waals surface area contributed by atoms with E-state index in [-0.39, 0.29) is 35.1 Å². The fourth-order valence-electron chi connectivity index (χ4n) is 4.62. The number of para-hydroxylation sites is 1. The van der Waals surface area contributed by atoms with Crippen molar-refractivity contribution in [1.29, 1.82) is 0 Å². The summed E-state index contributed by atoms with van der Waals surface area (Å²) >= 11 is 0. The molecule has 2 aromatic carbocycles. The third kappa shape index (κ3) is 4.48. The maximum Gasteiger partial charge on any atom is 0.418 e. The molecule has 1 aliphatic heterocycles. The number of alkyl halides is 3. The van der Waals surface area contributed by atoms with Crippen LogP contribution in [0.25, 0.3) is 0 Å². The average molecular weight is 481 g/mol. The quantitative estimate of drug-likeness (QED) is 0.640. The zero-order valence-corrected chi connectivity index (χ0v) is 18.7. The van der Waals surface area contributed by atoms with E-state index in [1.807, 2.05) is 4.72 Å². The lowest BCUT2D eigenvalue weighted by atomic mass is 9.81. The van der Waals surface area contributed by atoms with Gasteiger partial charge in [0.15, 0.2) is 0 Å². The molecule has 0 aromatic heterocycles. The first-order valence-corrected chi connectivity index (χ1v) is 12.1. The minimum atomic E-state index is -4.73. The molecule has 2 aliphatic rings. The largest absolute Gasteiger partial charge is 0.418 e. The highest BCUT2D eigenvalue weighted by molar-refractivity contribution is 7.92. The second-order valence-corrected chi connectivity index (χ2v) is 10.2. The van der Waals surface area contributed by atoms with E-state index in [0.29, 0.717) is 24.0 Å². The van der Waals surface area contributed by atoms with Crippen molar-refractivity contribution in [3.63, 3.8) is 0 Å². The van der Waals surface area contributed by atoms with E-state index in [9.17, 15) is 31.2 Å². The maximum absolute atomic E-state index is 13.3. The number of hydrogen-bond donors (Lipinski definition) is 1. The van der Waals surface area contributed by atoms with E-state index in [1.165, 1.54) is 36.1 Å². The van der Waals surface area contributed by atoms with Crippen LogP contribution in [0.1, 0.15) is 42.4 Å². The number of nitrogens with one attached hydrogen (secondary N) is 1. The molecule has 2 fully saturated rings. The summed E-state index contributed by atoms with van der Waals surface area (Å²) in [5.41, 5.74) is -0.948. The zero-order valence-electron chi connectivity index (χ0n) is 17.9. The summed E-state index contributed by atoms with van der Waals surface area (Å²) in [6.07, 6.45) is -1.61. The Morgan fingerprint density at radius 2 is 1.61 bits per heavy atom. The lowest BCUT2D eigenvalue weighted by Gasteiger charge is -2.19. The lowest BCUT2D eigenvalue weighted by molar-refractivity contribution is -0.140. The van der Waals surface area contributed by atoms with E-state index in [2.05, 4.69) is 0 Å². The Morgan fingerprint density at radius 3 is 2.21 bits per heavy atom. The monoisotopic (exact) mass is 480 g/mol. The van der Waals surface area contributed by atoms with Gasteiger partial charge in [-0.2, -0.15) is 13.2 Å². The van der Waals surface area contributed by atoms with Crippen molar-refractivity contribution in [2.24, 2.45) is 11.8 Å². The number of fused-ring (bicyclic) bond motifs is 1. The van der Waals surface area contributed by atoms with Crippen LogP contribution < -0.4 is 4.72 Å². The number of nitrogens with zero attached hydrogens (tertiary/aromatic N) is 1. The van der Waals surface area contributed by atoms with Crippen molar-refractivity contribution in [2.45, 2.75) is 50.2 Å². The van der Waals surface area contributed by atoms with Crippen LogP contribution in [0.2, 0.25) is 0 Å². The predicted molar refractivity (Wildman–Crippen MR) is 114 cm³/mol. The maximum atomic E-state index is 13.3. The highest BCUT2D eigenvalue weighted by Crippen LogP contribution is 2.39. The molecule has 176 valence electrons. The van der Waals surface area contributed by atoms with Gasteiger partial charge in [0.05, 0.1) is 34.5 Å². The van der Waals surface area contributed by atoms with Crippen molar-refractivity contribution in [1.82, 2.24) is 4.90 Å². The highest BCUT2D eigenvalue weighted by Gasteiger charge is 2.48. The van der Waals surface area contributed by atoms with Crippen LogP contribution in [0, 0.1) is 18.8 Å². The molecule has 33 heavy (non-hydrogen) atoms. The van der Waals surface area contributed by atoms with Gasteiger partial charge in [0.25, 0.3) is 10.0 Å². The van der Waals surface area contributed by atoms with E-state index >= 15 is 0 Å². The second-order valence-electron chi connectivity index (χ2n) is 8.51. The van der Waals surface area contributed by atoms with Crippen molar-refractivity contribution in [3.05, 3.63) is 59.2 Å². The third-order valence-corrected chi connectivity index (χ3v) is 7.80. The van der Waals surface area contributed by atoms with Crippen LogP contribution in [0.5, 0.6) is 0 Å². The number of hydrogen-bond acceptors (Lipinski definition) is 4. The number of likely N-dealkylation sites (tertiary alicyclic amines) is 1. The summed E-state index contributed by atoms with van der Waals surface area (Å²) in [5, 5.41) is 0. The van der Waals surface area contributed by atoms with Crippen LogP contribution in [0.4, 0.5) is 18.9 Å². The molecule has 1 aliphatic carbocycles. The minimum absolute atomic E-state index is 0.0768. The molecule has 6 nitrogen and oxygen atoms in total. The molecule has 0 bridgehead atoms. The molecule has 1 N–H and O–H groups in total. The summed E-state index contributed by atoms with van der Waals surface area (Å²) in [6, 6.07) is 8.75. The molecule has 4 rings (SSSR count). The summed E-state index contributed by atoms with van der Waals surface area (Å²) in [7, 11) is -4.37. The van der Waals surface area contributed by atoms with Gasteiger partial charge in [-0.25, -0.2) is 8.42 Å². The Bertz CT molecular complexity index is 1190. The van der Waals surface area contributed by atoms with Crippen molar-refractivity contribution < 1.29 is 31.2 Å². The number of sulfonamides is 1. The van der Waals surface area contributed by atoms with Crippen LogP contribution >= 0.6 is 0 Å². The zero-order chi connectivity index (χ0) is 24.0. The predicted octanol–water partition coefficient (Wildman–Crippen LogP) is 4.49.